The Kier molecular flexibility index (Phi) is 3.51. The fourth-order valence-electron chi connectivity index (χ4n) is 1.23. The highest BCUT2D eigenvalue weighted by atomic mass is 79.9. The number of hydrogen-bond donors (Lipinski definition) is 0. The zero-order chi connectivity index (χ0) is 11.4. The van der Waals surface area contributed by atoms with E-state index in [1.54, 1.807) is 12.3 Å². The SMILES string of the molecule is Cc1ccc(OCc2nccc(Br)n2)cc1. The molecule has 0 unspecified atom stereocenters. The molecule has 0 spiro atoms. The number of nitrogens with zero attached hydrogens (tertiary/aromatic N) is 2. The van der Waals surface area contributed by atoms with Gasteiger partial charge in [0.25, 0.3) is 0 Å². The molecule has 82 valence electrons. The van der Waals surface area contributed by atoms with Crippen molar-refractivity contribution in [2.75, 3.05) is 0 Å². The summed E-state index contributed by atoms with van der Waals surface area (Å²) in [5.41, 5.74) is 1.21. The molecule has 0 amide bonds. The zero-order valence-corrected chi connectivity index (χ0v) is 10.4. The lowest BCUT2D eigenvalue weighted by atomic mass is 10.2. The molecule has 0 fully saturated rings. The number of aromatic nitrogens is 2. The molecule has 0 aliphatic heterocycles. The Morgan fingerprint density at radius 2 is 1.94 bits per heavy atom. The third-order valence-electron chi connectivity index (χ3n) is 2.06. The highest BCUT2D eigenvalue weighted by Gasteiger charge is 1.99. The first-order valence-electron chi connectivity index (χ1n) is 4.91. The molecule has 0 aliphatic carbocycles. The van der Waals surface area contributed by atoms with Crippen LogP contribution < -0.4 is 4.74 Å². The molecule has 2 aromatic rings. The molecule has 16 heavy (non-hydrogen) atoms. The van der Waals surface area contributed by atoms with Crippen LogP contribution in [0.2, 0.25) is 0 Å². The van der Waals surface area contributed by atoms with Crippen LogP contribution in [0.4, 0.5) is 0 Å². The van der Waals surface area contributed by atoms with Crippen molar-refractivity contribution in [2.24, 2.45) is 0 Å². The van der Waals surface area contributed by atoms with E-state index in [-0.39, 0.29) is 0 Å². The fraction of sp³-hybridized carbons (Fsp3) is 0.167. The van der Waals surface area contributed by atoms with Crippen molar-refractivity contribution in [3.63, 3.8) is 0 Å². The van der Waals surface area contributed by atoms with E-state index in [9.17, 15) is 0 Å². The Hall–Kier alpha value is -1.42. The first-order valence-corrected chi connectivity index (χ1v) is 5.70. The molecular formula is C12H11BrN2O. The minimum atomic E-state index is 0.377. The van der Waals surface area contributed by atoms with Crippen LogP contribution in [-0.2, 0) is 6.61 Å². The molecule has 1 aromatic heterocycles. The van der Waals surface area contributed by atoms with Crippen LogP contribution in [0.15, 0.2) is 41.1 Å². The van der Waals surface area contributed by atoms with Crippen LogP contribution in [-0.4, -0.2) is 9.97 Å². The topological polar surface area (TPSA) is 35.0 Å². The largest absolute Gasteiger partial charge is 0.486 e. The zero-order valence-electron chi connectivity index (χ0n) is 8.85. The Morgan fingerprint density at radius 3 is 2.62 bits per heavy atom. The average molecular weight is 279 g/mol. The van der Waals surface area contributed by atoms with Crippen molar-refractivity contribution in [1.29, 1.82) is 0 Å². The van der Waals surface area contributed by atoms with Gasteiger partial charge in [-0.2, -0.15) is 0 Å². The number of rotatable bonds is 3. The number of aryl methyl sites for hydroxylation is 1. The van der Waals surface area contributed by atoms with E-state index in [1.807, 2.05) is 31.2 Å². The molecule has 0 atom stereocenters. The number of halogens is 1. The van der Waals surface area contributed by atoms with Crippen molar-refractivity contribution in [2.45, 2.75) is 13.5 Å². The summed E-state index contributed by atoms with van der Waals surface area (Å²) < 4.78 is 6.32. The van der Waals surface area contributed by atoms with Crippen LogP contribution in [0.5, 0.6) is 5.75 Å². The van der Waals surface area contributed by atoms with Gasteiger partial charge >= 0.3 is 0 Å². The summed E-state index contributed by atoms with van der Waals surface area (Å²) >= 11 is 3.29. The molecule has 0 saturated heterocycles. The highest BCUT2D eigenvalue weighted by molar-refractivity contribution is 9.10. The van der Waals surface area contributed by atoms with Gasteiger partial charge in [-0.15, -0.1) is 0 Å². The molecule has 3 nitrogen and oxygen atoms in total. The smallest absolute Gasteiger partial charge is 0.167 e. The van der Waals surface area contributed by atoms with Crippen LogP contribution in [0.1, 0.15) is 11.4 Å². The maximum Gasteiger partial charge on any atom is 0.167 e. The molecule has 0 saturated carbocycles. The summed E-state index contributed by atoms with van der Waals surface area (Å²) in [7, 11) is 0. The van der Waals surface area contributed by atoms with Crippen LogP contribution in [0, 0.1) is 6.92 Å². The van der Waals surface area contributed by atoms with Gasteiger partial charge in [0.15, 0.2) is 5.82 Å². The molecular weight excluding hydrogens is 268 g/mol. The number of hydrogen-bond acceptors (Lipinski definition) is 3. The van der Waals surface area contributed by atoms with Crippen molar-refractivity contribution in [1.82, 2.24) is 9.97 Å². The lowest BCUT2D eigenvalue weighted by Gasteiger charge is -2.05. The normalized spacial score (nSPS) is 10.1. The quantitative estimate of drug-likeness (QED) is 0.810. The van der Waals surface area contributed by atoms with E-state index in [0.29, 0.717) is 12.4 Å². The van der Waals surface area contributed by atoms with E-state index >= 15 is 0 Å². The molecule has 2 rings (SSSR count). The Labute approximate surface area is 103 Å². The van der Waals surface area contributed by atoms with E-state index in [0.717, 1.165) is 10.4 Å². The maximum absolute atomic E-state index is 5.56. The van der Waals surface area contributed by atoms with Crippen molar-refractivity contribution >= 4 is 15.9 Å². The van der Waals surface area contributed by atoms with Gasteiger partial charge < -0.3 is 4.74 Å². The Bertz CT molecular complexity index is 471. The van der Waals surface area contributed by atoms with E-state index < -0.39 is 0 Å². The second kappa shape index (κ2) is 5.07. The maximum atomic E-state index is 5.56. The first kappa shape index (κ1) is 11.1. The molecule has 1 aromatic carbocycles. The second-order valence-electron chi connectivity index (χ2n) is 3.40. The third-order valence-corrected chi connectivity index (χ3v) is 2.50. The molecule has 0 bridgehead atoms. The van der Waals surface area contributed by atoms with Gasteiger partial charge in [0.2, 0.25) is 0 Å². The van der Waals surface area contributed by atoms with E-state index in [1.165, 1.54) is 5.56 Å². The first-order chi connectivity index (χ1) is 7.74. The van der Waals surface area contributed by atoms with Crippen molar-refractivity contribution in [3.05, 3.63) is 52.5 Å². The van der Waals surface area contributed by atoms with Crippen LogP contribution in [0.25, 0.3) is 0 Å². The van der Waals surface area contributed by atoms with Gasteiger partial charge in [0, 0.05) is 6.20 Å². The lowest BCUT2D eigenvalue weighted by Crippen LogP contribution is -2.01. The second-order valence-corrected chi connectivity index (χ2v) is 4.21. The number of ether oxygens (including phenoxy) is 1. The third kappa shape index (κ3) is 3.03. The summed E-state index contributed by atoms with van der Waals surface area (Å²) in [5.74, 6) is 1.49. The Balaban J connectivity index is 1.99. The molecule has 4 heteroatoms. The molecule has 0 aliphatic rings. The highest BCUT2D eigenvalue weighted by Crippen LogP contribution is 2.13. The number of benzene rings is 1. The van der Waals surface area contributed by atoms with Gasteiger partial charge in [-0.05, 0) is 41.1 Å². The monoisotopic (exact) mass is 278 g/mol. The van der Waals surface area contributed by atoms with Gasteiger partial charge in [0.05, 0.1) is 0 Å². The summed E-state index contributed by atoms with van der Waals surface area (Å²) in [6, 6.07) is 9.68. The van der Waals surface area contributed by atoms with Crippen molar-refractivity contribution < 1.29 is 4.74 Å². The van der Waals surface area contributed by atoms with Crippen molar-refractivity contribution in [3.8, 4) is 5.75 Å². The summed E-state index contributed by atoms with van der Waals surface area (Å²) in [6.45, 7) is 2.42. The standard InChI is InChI=1S/C12H11BrN2O/c1-9-2-4-10(5-3-9)16-8-12-14-7-6-11(13)15-12/h2-7H,8H2,1H3. The van der Waals surface area contributed by atoms with E-state index in [2.05, 4.69) is 25.9 Å². The van der Waals surface area contributed by atoms with Gasteiger partial charge in [-0.25, -0.2) is 9.97 Å². The minimum Gasteiger partial charge on any atom is -0.486 e. The molecule has 0 radical (unpaired) electrons. The predicted molar refractivity (Wildman–Crippen MR) is 65.2 cm³/mol. The molecule has 0 N–H and O–H groups in total. The van der Waals surface area contributed by atoms with Crippen LogP contribution >= 0.6 is 15.9 Å². The van der Waals surface area contributed by atoms with Gasteiger partial charge in [-0.1, -0.05) is 17.7 Å². The summed E-state index contributed by atoms with van der Waals surface area (Å²) in [6.07, 6.45) is 1.70. The fourth-order valence-corrected chi connectivity index (χ4v) is 1.55. The summed E-state index contributed by atoms with van der Waals surface area (Å²) in [4.78, 5) is 8.29. The molecule has 1 heterocycles. The average Bonchev–Trinajstić information content (AvgIpc) is 2.28. The van der Waals surface area contributed by atoms with Gasteiger partial charge in [0.1, 0.15) is 17.0 Å². The Morgan fingerprint density at radius 1 is 1.19 bits per heavy atom. The summed E-state index contributed by atoms with van der Waals surface area (Å²) in [5, 5.41) is 0. The van der Waals surface area contributed by atoms with Crippen LogP contribution in [0.3, 0.4) is 0 Å². The van der Waals surface area contributed by atoms with E-state index in [4.69, 9.17) is 4.74 Å². The lowest BCUT2D eigenvalue weighted by molar-refractivity contribution is 0.295. The van der Waals surface area contributed by atoms with Gasteiger partial charge in [-0.3, -0.25) is 0 Å². The predicted octanol–water partition coefficient (Wildman–Crippen LogP) is 3.13. The minimum absolute atomic E-state index is 0.377.